The Hall–Kier alpha value is -3.64. The van der Waals surface area contributed by atoms with Gasteiger partial charge in [0.1, 0.15) is 11.4 Å². The number of imide groups is 1. The van der Waals surface area contributed by atoms with Gasteiger partial charge < -0.3 is 10.1 Å². The van der Waals surface area contributed by atoms with Crippen LogP contribution in [0.1, 0.15) is 30.2 Å². The second-order valence-corrected chi connectivity index (χ2v) is 8.14. The number of pyridine rings is 1. The average molecular weight is 462 g/mol. The SMILES string of the molecule is CCCOc1ccc(C2=C(Nc3ccc(C)c(Cl)c3)C(=O)N(Cc3ccccn3)C2=O)cc1. The fraction of sp³-hybridized carbons (Fsp3) is 0.192. The van der Waals surface area contributed by atoms with Crippen molar-refractivity contribution in [2.24, 2.45) is 0 Å². The summed E-state index contributed by atoms with van der Waals surface area (Å²) in [4.78, 5) is 32.3. The number of rotatable bonds is 8. The number of aryl methyl sites for hydroxylation is 1. The van der Waals surface area contributed by atoms with Crippen LogP contribution in [0.2, 0.25) is 5.02 Å². The largest absolute Gasteiger partial charge is 0.494 e. The zero-order chi connectivity index (χ0) is 23.4. The van der Waals surface area contributed by atoms with E-state index in [2.05, 4.69) is 10.3 Å². The smallest absolute Gasteiger partial charge is 0.278 e. The molecule has 1 N–H and O–H groups in total. The molecule has 0 bridgehead atoms. The highest BCUT2D eigenvalue weighted by molar-refractivity contribution is 6.36. The number of ether oxygens (including phenoxy) is 1. The summed E-state index contributed by atoms with van der Waals surface area (Å²) in [5, 5.41) is 3.70. The van der Waals surface area contributed by atoms with Crippen LogP contribution in [0.5, 0.6) is 5.75 Å². The lowest BCUT2D eigenvalue weighted by Gasteiger charge is -2.15. The van der Waals surface area contributed by atoms with Gasteiger partial charge in [-0.1, -0.05) is 42.8 Å². The Bertz CT molecular complexity index is 1210. The summed E-state index contributed by atoms with van der Waals surface area (Å²) in [7, 11) is 0. The monoisotopic (exact) mass is 461 g/mol. The summed E-state index contributed by atoms with van der Waals surface area (Å²) < 4.78 is 5.65. The lowest BCUT2D eigenvalue weighted by atomic mass is 10.0. The van der Waals surface area contributed by atoms with Gasteiger partial charge in [0.2, 0.25) is 0 Å². The molecule has 0 fully saturated rings. The summed E-state index contributed by atoms with van der Waals surface area (Å²) in [6.45, 7) is 4.63. The number of anilines is 1. The second-order valence-electron chi connectivity index (χ2n) is 7.73. The lowest BCUT2D eigenvalue weighted by Crippen LogP contribution is -2.32. The van der Waals surface area contributed by atoms with Crippen molar-refractivity contribution in [1.29, 1.82) is 0 Å². The van der Waals surface area contributed by atoms with Gasteiger partial charge in [0.25, 0.3) is 11.8 Å². The van der Waals surface area contributed by atoms with Crippen LogP contribution >= 0.6 is 11.6 Å². The first-order valence-electron chi connectivity index (χ1n) is 10.7. The summed E-state index contributed by atoms with van der Waals surface area (Å²) in [5.74, 6) is -0.0830. The third kappa shape index (κ3) is 4.91. The molecule has 0 aliphatic carbocycles. The van der Waals surface area contributed by atoms with Crippen molar-refractivity contribution in [3.05, 3.63) is 94.4 Å². The van der Waals surface area contributed by atoms with Gasteiger partial charge in [-0.2, -0.15) is 0 Å². The summed E-state index contributed by atoms with van der Waals surface area (Å²) >= 11 is 6.27. The molecule has 6 nitrogen and oxygen atoms in total. The Morgan fingerprint density at radius 1 is 1.03 bits per heavy atom. The number of hydrogen-bond acceptors (Lipinski definition) is 5. The molecule has 0 spiro atoms. The number of benzene rings is 2. The van der Waals surface area contributed by atoms with E-state index in [1.807, 2.05) is 32.0 Å². The molecule has 2 amide bonds. The Morgan fingerprint density at radius 3 is 2.48 bits per heavy atom. The van der Waals surface area contributed by atoms with Crippen LogP contribution in [0, 0.1) is 6.92 Å². The Kier molecular flexibility index (Phi) is 6.75. The fourth-order valence-electron chi connectivity index (χ4n) is 3.51. The van der Waals surface area contributed by atoms with E-state index in [0.29, 0.717) is 39.9 Å². The van der Waals surface area contributed by atoms with Gasteiger partial charge in [-0.05, 0) is 60.9 Å². The van der Waals surface area contributed by atoms with E-state index in [9.17, 15) is 9.59 Å². The molecule has 0 saturated heterocycles. The van der Waals surface area contributed by atoms with Crippen molar-refractivity contribution < 1.29 is 14.3 Å². The van der Waals surface area contributed by atoms with Crippen molar-refractivity contribution >= 4 is 34.7 Å². The maximum absolute atomic E-state index is 13.4. The van der Waals surface area contributed by atoms with Crippen molar-refractivity contribution in [3.63, 3.8) is 0 Å². The first kappa shape index (κ1) is 22.6. The minimum absolute atomic E-state index is 0.0829. The summed E-state index contributed by atoms with van der Waals surface area (Å²) in [5.41, 5.74) is 3.31. The molecule has 0 saturated carbocycles. The predicted molar refractivity (Wildman–Crippen MR) is 129 cm³/mol. The summed E-state index contributed by atoms with van der Waals surface area (Å²) in [6, 6.07) is 18.0. The van der Waals surface area contributed by atoms with E-state index < -0.39 is 5.91 Å². The zero-order valence-corrected chi connectivity index (χ0v) is 19.2. The summed E-state index contributed by atoms with van der Waals surface area (Å²) in [6.07, 6.45) is 2.53. The first-order valence-corrected chi connectivity index (χ1v) is 11.1. The average Bonchev–Trinajstić information content (AvgIpc) is 3.05. The standard InChI is InChI=1S/C26H24ClN3O3/c1-3-14-33-21-11-8-18(9-12-21)23-24(29-19-10-7-17(2)22(27)15-19)26(32)30(25(23)31)16-20-6-4-5-13-28-20/h4-13,15,29H,3,14,16H2,1-2H3. The second kappa shape index (κ2) is 9.88. The molecule has 0 unspecified atom stereocenters. The molecular weight excluding hydrogens is 438 g/mol. The fourth-order valence-corrected chi connectivity index (χ4v) is 3.69. The Morgan fingerprint density at radius 2 is 1.82 bits per heavy atom. The maximum atomic E-state index is 13.4. The quantitative estimate of drug-likeness (QED) is 0.465. The number of aromatic nitrogens is 1. The minimum Gasteiger partial charge on any atom is -0.494 e. The van der Waals surface area contributed by atoms with Gasteiger partial charge in [0.15, 0.2) is 0 Å². The number of halogens is 1. The number of hydrogen-bond donors (Lipinski definition) is 1. The predicted octanol–water partition coefficient (Wildman–Crippen LogP) is 5.22. The van der Waals surface area contributed by atoms with Crippen LogP contribution < -0.4 is 10.1 Å². The van der Waals surface area contributed by atoms with Crippen molar-refractivity contribution in [2.75, 3.05) is 11.9 Å². The lowest BCUT2D eigenvalue weighted by molar-refractivity contribution is -0.137. The molecule has 0 atom stereocenters. The topological polar surface area (TPSA) is 71.5 Å². The molecule has 4 rings (SSSR count). The van der Waals surface area contributed by atoms with Crippen LogP contribution in [0.25, 0.3) is 5.57 Å². The van der Waals surface area contributed by atoms with E-state index in [0.717, 1.165) is 12.0 Å². The molecule has 1 aliphatic heterocycles. The van der Waals surface area contributed by atoms with Gasteiger partial charge in [-0.25, -0.2) is 0 Å². The van der Waals surface area contributed by atoms with Crippen molar-refractivity contribution in [3.8, 4) is 5.75 Å². The number of nitrogens with zero attached hydrogens (tertiary/aromatic N) is 2. The van der Waals surface area contributed by atoms with Gasteiger partial charge in [-0.3, -0.25) is 19.5 Å². The van der Waals surface area contributed by atoms with Gasteiger partial charge in [0, 0.05) is 16.9 Å². The number of carbonyl (C=O) groups is 2. The number of carbonyl (C=O) groups excluding carboxylic acids is 2. The van der Waals surface area contributed by atoms with Gasteiger partial charge >= 0.3 is 0 Å². The molecule has 0 radical (unpaired) electrons. The van der Waals surface area contributed by atoms with E-state index in [1.165, 1.54) is 4.90 Å². The molecule has 1 aliphatic rings. The molecule has 7 heteroatoms. The molecule has 3 aromatic rings. The Labute approximate surface area is 197 Å². The van der Waals surface area contributed by atoms with Crippen LogP contribution in [-0.4, -0.2) is 28.3 Å². The van der Waals surface area contributed by atoms with Gasteiger partial charge in [-0.15, -0.1) is 0 Å². The van der Waals surface area contributed by atoms with E-state index in [-0.39, 0.29) is 18.1 Å². The molecule has 2 aromatic carbocycles. The zero-order valence-electron chi connectivity index (χ0n) is 18.5. The highest BCUT2D eigenvalue weighted by atomic mass is 35.5. The number of nitrogens with one attached hydrogen (secondary N) is 1. The minimum atomic E-state index is -0.413. The maximum Gasteiger partial charge on any atom is 0.278 e. The van der Waals surface area contributed by atoms with E-state index in [4.69, 9.17) is 16.3 Å². The van der Waals surface area contributed by atoms with Crippen LogP contribution in [0.3, 0.4) is 0 Å². The van der Waals surface area contributed by atoms with Crippen LogP contribution in [0.4, 0.5) is 5.69 Å². The molecule has 2 heterocycles. The molecule has 168 valence electrons. The molecule has 33 heavy (non-hydrogen) atoms. The Balaban J connectivity index is 1.71. The van der Waals surface area contributed by atoms with Crippen LogP contribution in [0.15, 0.2) is 72.6 Å². The van der Waals surface area contributed by atoms with Gasteiger partial charge in [0.05, 0.1) is 24.4 Å². The van der Waals surface area contributed by atoms with Crippen LogP contribution in [-0.2, 0) is 16.1 Å². The number of amides is 2. The third-order valence-corrected chi connectivity index (χ3v) is 5.68. The molecule has 1 aromatic heterocycles. The van der Waals surface area contributed by atoms with E-state index >= 15 is 0 Å². The highest BCUT2D eigenvalue weighted by Gasteiger charge is 2.39. The first-order chi connectivity index (χ1) is 16.0. The highest BCUT2D eigenvalue weighted by Crippen LogP contribution is 2.33. The normalized spacial score (nSPS) is 13.6. The van der Waals surface area contributed by atoms with Crippen molar-refractivity contribution in [2.45, 2.75) is 26.8 Å². The van der Waals surface area contributed by atoms with Crippen molar-refractivity contribution in [1.82, 2.24) is 9.88 Å². The van der Waals surface area contributed by atoms with E-state index in [1.54, 1.807) is 48.7 Å². The molecular formula is C26H24ClN3O3. The third-order valence-electron chi connectivity index (χ3n) is 5.27.